The van der Waals surface area contributed by atoms with Gasteiger partial charge in [-0.1, -0.05) is 196 Å². The van der Waals surface area contributed by atoms with E-state index < -0.39 is 12.4 Å². The van der Waals surface area contributed by atoms with Crippen LogP contribution in [0.25, 0.3) is 0 Å². The van der Waals surface area contributed by atoms with Gasteiger partial charge in [0.2, 0.25) is 0 Å². The molecule has 0 rings (SSSR count). The summed E-state index contributed by atoms with van der Waals surface area (Å²) in [5.41, 5.74) is 0. The van der Waals surface area contributed by atoms with Gasteiger partial charge in [0.15, 0.2) is 6.29 Å². The Kier molecular flexibility index (Phi) is 49.7. The molecule has 0 aliphatic heterocycles. The van der Waals surface area contributed by atoms with Crippen molar-refractivity contribution in [2.45, 2.75) is 264 Å². The predicted molar refractivity (Wildman–Crippen MR) is 271 cm³/mol. The summed E-state index contributed by atoms with van der Waals surface area (Å²) in [5, 5.41) is 10.7. The first kappa shape index (κ1) is 60.3. The molecule has 0 heterocycles. The van der Waals surface area contributed by atoms with Gasteiger partial charge < -0.3 is 19.3 Å². The van der Waals surface area contributed by atoms with Crippen LogP contribution in [-0.4, -0.2) is 42.7 Å². The van der Waals surface area contributed by atoms with Gasteiger partial charge in [0.25, 0.3) is 0 Å². The van der Waals surface area contributed by atoms with Gasteiger partial charge in [-0.3, -0.25) is 9.59 Å². The van der Waals surface area contributed by atoms with E-state index in [0.29, 0.717) is 19.3 Å². The molecular formula is C57H100O6. The zero-order valence-electron chi connectivity index (χ0n) is 41.4. The molecule has 6 nitrogen and oxygen atoms in total. The van der Waals surface area contributed by atoms with Crippen LogP contribution >= 0.6 is 0 Å². The lowest BCUT2D eigenvalue weighted by atomic mass is 10.1. The SMILES string of the molecule is CC/C=C\C/C=C\C/C=C\CCCCCCCC(=O)OCC(COC(=O)CCCCCCC/C=C\C/C=C\CCCCC)OC(O)CCCCCCC/C=C\CCCCCCCC. The molecule has 0 aromatic carbocycles. The highest BCUT2D eigenvalue weighted by molar-refractivity contribution is 5.69. The molecule has 0 bridgehead atoms. The molecule has 0 aliphatic rings. The fraction of sp³-hybridized carbons (Fsp3) is 0.754. The Labute approximate surface area is 389 Å². The molecule has 1 N–H and O–H groups in total. The minimum absolute atomic E-state index is 0.0309. The molecule has 0 saturated heterocycles. The monoisotopic (exact) mass is 881 g/mol. The van der Waals surface area contributed by atoms with Crippen molar-refractivity contribution < 1.29 is 28.9 Å². The van der Waals surface area contributed by atoms with E-state index in [9.17, 15) is 14.7 Å². The minimum atomic E-state index is -0.988. The van der Waals surface area contributed by atoms with E-state index in [4.69, 9.17) is 14.2 Å². The van der Waals surface area contributed by atoms with Gasteiger partial charge in [0.1, 0.15) is 19.3 Å². The van der Waals surface area contributed by atoms with Gasteiger partial charge in [0.05, 0.1) is 0 Å². The number of ether oxygens (including phenoxy) is 3. The highest BCUT2D eigenvalue weighted by atomic mass is 16.6. The summed E-state index contributed by atoms with van der Waals surface area (Å²) < 4.78 is 17.1. The number of unbranched alkanes of at least 4 members (excludes halogenated alkanes) is 24. The Morgan fingerprint density at radius 1 is 0.397 bits per heavy atom. The van der Waals surface area contributed by atoms with Crippen LogP contribution in [0.4, 0.5) is 0 Å². The van der Waals surface area contributed by atoms with Crippen LogP contribution in [0, 0.1) is 0 Å². The van der Waals surface area contributed by atoms with Crippen LogP contribution in [0.1, 0.15) is 252 Å². The molecule has 2 unspecified atom stereocenters. The summed E-state index contributed by atoms with van der Waals surface area (Å²) in [6.07, 6.45) is 64.4. The van der Waals surface area contributed by atoms with Gasteiger partial charge in [-0.15, -0.1) is 0 Å². The number of aliphatic hydroxyl groups excluding tert-OH is 1. The Morgan fingerprint density at radius 2 is 0.714 bits per heavy atom. The number of allylic oxidation sites excluding steroid dienone is 12. The fourth-order valence-electron chi connectivity index (χ4n) is 7.29. The quantitative estimate of drug-likeness (QED) is 0.0284. The van der Waals surface area contributed by atoms with Gasteiger partial charge in [-0.25, -0.2) is 0 Å². The average molecular weight is 881 g/mol. The third kappa shape index (κ3) is 50.2. The number of hydrogen-bond acceptors (Lipinski definition) is 6. The van der Waals surface area contributed by atoms with E-state index in [1.807, 2.05) is 0 Å². The van der Waals surface area contributed by atoms with Crippen LogP contribution in [0.2, 0.25) is 0 Å². The Bertz CT molecular complexity index is 1150. The van der Waals surface area contributed by atoms with E-state index in [-0.39, 0.29) is 25.2 Å². The first-order chi connectivity index (χ1) is 31.0. The van der Waals surface area contributed by atoms with Crippen molar-refractivity contribution in [3.8, 4) is 0 Å². The topological polar surface area (TPSA) is 82.1 Å². The van der Waals surface area contributed by atoms with E-state index in [1.54, 1.807) is 0 Å². The van der Waals surface area contributed by atoms with E-state index in [1.165, 1.54) is 89.9 Å². The summed E-state index contributed by atoms with van der Waals surface area (Å²) in [6.45, 7) is 6.59. The summed E-state index contributed by atoms with van der Waals surface area (Å²) >= 11 is 0. The number of hydrogen-bond donors (Lipinski definition) is 1. The minimum Gasteiger partial charge on any atom is -0.463 e. The van der Waals surface area contributed by atoms with E-state index in [2.05, 4.69) is 93.7 Å². The lowest BCUT2D eigenvalue weighted by Crippen LogP contribution is -2.32. The molecule has 364 valence electrons. The number of carbonyl (C=O) groups excluding carboxylic acids is 2. The second-order valence-electron chi connectivity index (χ2n) is 17.5. The largest absolute Gasteiger partial charge is 0.463 e. The zero-order valence-corrected chi connectivity index (χ0v) is 41.4. The number of aliphatic hydroxyl groups is 1. The summed E-state index contributed by atoms with van der Waals surface area (Å²) in [6, 6.07) is 0. The molecule has 0 spiro atoms. The van der Waals surface area contributed by atoms with Crippen LogP contribution in [0.3, 0.4) is 0 Å². The first-order valence-electron chi connectivity index (χ1n) is 26.6. The fourth-order valence-corrected chi connectivity index (χ4v) is 7.29. The Morgan fingerprint density at radius 3 is 1.14 bits per heavy atom. The van der Waals surface area contributed by atoms with Crippen molar-refractivity contribution in [2.24, 2.45) is 0 Å². The number of carbonyl (C=O) groups is 2. The normalized spacial score (nSPS) is 13.3. The van der Waals surface area contributed by atoms with Crippen LogP contribution in [0.5, 0.6) is 0 Å². The van der Waals surface area contributed by atoms with E-state index in [0.717, 1.165) is 122 Å². The van der Waals surface area contributed by atoms with Crippen LogP contribution in [0.15, 0.2) is 72.9 Å². The molecule has 6 heteroatoms. The van der Waals surface area contributed by atoms with Crippen LogP contribution < -0.4 is 0 Å². The number of esters is 2. The molecule has 0 amide bonds. The Balaban J connectivity index is 4.44. The molecule has 0 aliphatic carbocycles. The molecule has 0 fully saturated rings. The van der Waals surface area contributed by atoms with Gasteiger partial charge in [-0.05, 0) is 116 Å². The Hall–Kier alpha value is -2.70. The standard InChI is InChI=1S/C57H100O6/c1-4-7-10-13-16-19-22-25-28-31-34-37-40-43-46-49-55(58)61-52-54(63-57(60)51-48-45-42-39-36-33-30-27-24-21-18-15-12-9-6-3)53-62-56(59)50-47-44-41-38-35-32-29-26-23-20-17-14-11-8-5-2/h7,10,16-17,19-20,25-30,54,57,60H,4-6,8-9,11-15,18,21-24,31-53H2,1-3H3/b10-7-,19-16-,20-17-,28-25-,29-26-,30-27-. The maximum Gasteiger partial charge on any atom is 0.305 e. The van der Waals surface area contributed by atoms with Crippen molar-refractivity contribution in [3.05, 3.63) is 72.9 Å². The zero-order chi connectivity index (χ0) is 45.8. The second kappa shape index (κ2) is 51.9. The van der Waals surface area contributed by atoms with Crippen molar-refractivity contribution in [1.82, 2.24) is 0 Å². The molecule has 63 heavy (non-hydrogen) atoms. The summed E-state index contributed by atoms with van der Waals surface area (Å²) in [5.74, 6) is -0.539. The van der Waals surface area contributed by atoms with Crippen molar-refractivity contribution in [2.75, 3.05) is 13.2 Å². The third-order valence-corrected chi connectivity index (χ3v) is 11.3. The lowest BCUT2D eigenvalue weighted by Gasteiger charge is -2.21. The van der Waals surface area contributed by atoms with Gasteiger partial charge >= 0.3 is 11.9 Å². The maximum atomic E-state index is 12.6. The summed E-state index contributed by atoms with van der Waals surface area (Å²) in [4.78, 5) is 25.3. The highest BCUT2D eigenvalue weighted by Crippen LogP contribution is 2.15. The molecule has 0 aromatic heterocycles. The van der Waals surface area contributed by atoms with Gasteiger partial charge in [-0.2, -0.15) is 0 Å². The van der Waals surface area contributed by atoms with Crippen molar-refractivity contribution in [1.29, 1.82) is 0 Å². The second-order valence-corrected chi connectivity index (χ2v) is 17.5. The molecule has 0 aromatic rings. The molecular weight excluding hydrogens is 781 g/mol. The predicted octanol–water partition coefficient (Wildman–Crippen LogP) is 17.2. The summed E-state index contributed by atoms with van der Waals surface area (Å²) in [7, 11) is 0. The first-order valence-corrected chi connectivity index (χ1v) is 26.6. The van der Waals surface area contributed by atoms with Gasteiger partial charge in [0, 0.05) is 12.8 Å². The maximum absolute atomic E-state index is 12.6. The van der Waals surface area contributed by atoms with Crippen LogP contribution in [-0.2, 0) is 23.8 Å². The molecule has 0 radical (unpaired) electrons. The highest BCUT2D eigenvalue weighted by Gasteiger charge is 2.19. The number of rotatable bonds is 48. The molecule has 2 atom stereocenters. The molecule has 0 saturated carbocycles. The van der Waals surface area contributed by atoms with Crippen molar-refractivity contribution >= 4 is 11.9 Å². The lowest BCUT2D eigenvalue weighted by molar-refractivity contribution is -0.183. The average Bonchev–Trinajstić information content (AvgIpc) is 3.28. The third-order valence-electron chi connectivity index (χ3n) is 11.3. The smallest absolute Gasteiger partial charge is 0.305 e. The van der Waals surface area contributed by atoms with Crippen molar-refractivity contribution in [3.63, 3.8) is 0 Å². The van der Waals surface area contributed by atoms with E-state index >= 15 is 0 Å².